The maximum absolute atomic E-state index is 12.5. The van der Waals surface area contributed by atoms with Gasteiger partial charge in [-0.2, -0.15) is 13.2 Å². The minimum absolute atomic E-state index is 0.218. The molecule has 0 saturated carbocycles. The summed E-state index contributed by atoms with van der Waals surface area (Å²) in [5.41, 5.74) is -0.218. The number of alkyl halides is 3. The average Bonchev–Trinajstić information content (AvgIpc) is 2.45. The second kappa shape index (κ2) is 2.88. The van der Waals surface area contributed by atoms with E-state index in [-0.39, 0.29) is 16.2 Å². The molecule has 1 amide bonds. The Morgan fingerprint density at radius 3 is 2.87 bits per heavy atom. The molecule has 2 rings (SSSR count). The Morgan fingerprint density at radius 1 is 1.60 bits per heavy atom. The molecule has 0 fully saturated rings. The maximum atomic E-state index is 12.5. The fourth-order valence-electron chi connectivity index (χ4n) is 1.50. The Balaban J connectivity index is 2.48. The summed E-state index contributed by atoms with van der Waals surface area (Å²) >= 11 is 0. The minimum atomic E-state index is -4.52. The number of hydrogen-bond donors (Lipinski definition) is 2. The van der Waals surface area contributed by atoms with Crippen molar-refractivity contribution in [3.63, 3.8) is 0 Å². The quantitative estimate of drug-likeness (QED) is 0.645. The molecule has 0 bridgehead atoms. The number of nitrogens with one attached hydrogen (secondary N) is 1. The summed E-state index contributed by atoms with van der Waals surface area (Å²) in [4.78, 5) is 11.2. The number of carbonyl (C=O) groups is 1. The van der Waals surface area contributed by atoms with Gasteiger partial charge in [-0.1, -0.05) is 4.85 Å². The van der Waals surface area contributed by atoms with Crippen molar-refractivity contribution in [2.75, 3.05) is 5.32 Å². The zero-order valence-corrected chi connectivity index (χ0v) is 7.25. The lowest BCUT2D eigenvalue weighted by molar-refractivity contribution is -0.156. The van der Waals surface area contributed by atoms with Gasteiger partial charge in [0.05, 0.1) is 12.1 Å². The standard InChI is InChI=1S/C7H6F3N3O2/c8-7(9,10)4-1-5(14)12-6-3(4)2-11-13(6)15/h2,4,15H,1H2,(H,12,14). The summed E-state index contributed by atoms with van der Waals surface area (Å²) in [6, 6.07) is 0. The van der Waals surface area contributed by atoms with Gasteiger partial charge in [-0.25, -0.2) is 0 Å². The van der Waals surface area contributed by atoms with Gasteiger partial charge in [-0.05, 0) is 0 Å². The third kappa shape index (κ3) is 1.51. The number of hydrogen-bond acceptors (Lipinski definition) is 3. The molecule has 82 valence electrons. The number of carbonyl (C=O) groups excluding carboxylic acids is 1. The Labute approximate surface area is 81.4 Å². The first kappa shape index (κ1) is 9.81. The van der Waals surface area contributed by atoms with E-state index in [1.165, 1.54) is 0 Å². The number of rotatable bonds is 0. The average molecular weight is 221 g/mol. The van der Waals surface area contributed by atoms with Crippen LogP contribution < -0.4 is 5.32 Å². The van der Waals surface area contributed by atoms with Gasteiger partial charge < -0.3 is 10.5 Å². The molecule has 1 aliphatic heterocycles. The van der Waals surface area contributed by atoms with Crippen molar-refractivity contribution in [3.05, 3.63) is 11.8 Å². The molecule has 0 aromatic carbocycles. The molecule has 0 spiro atoms. The highest BCUT2D eigenvalue weighted by Crippen LogP contribution is 2.42. The van der Waals surface area contributed by atoms with Crippen molar-refractivity contribution in [3.8, 4) is 0 Å². The van der Waals surface area contributed by atoms with Crippen LogP contribution in [0.5, 0.6) is 0 Å². The third-order valence-electron chi connectivity index (χ3n) is 2.20. The normalized spacial score (nSPS) is 21.0. The summed E-state index contributed by atoms with van der Waals surface area (Å²) in [6.07, 6.45) is -4.30. The largest absolute Gasteiger partial charge is 0.410 e. The zero-order valence-electron chi connectivity index (χ0n) is 7.25. The van der Waals surface area contributed by atoms with Gasteiger partial charge in [0.25, 0.3) is 0 Å². The number of anilines is 1. The smallest absolute Gasteiger partial charge is 0.396 e. The topological polar surface area (TPSA) is 67.2 Å². The molecule has 1 unspecified atom stereocenters. The van der Waals surface area contributed by atoms with Crippen molar-refractivity contribution in [2.45, 2.75) is 18.5 Å². The highest BCUT2D eigenvalue weighted by atomic mass is 19.4. The van der Waals surface area contributed by atoms with Crippen molar-refractivity contribution in [1.29, 1.82) is 0 Å². The van der Waals surface area contributed by atoms with Gasteiger partial charge in [0, 0.05) is 12.0 Å². The van der Waals surface area contributed by atoms with Crippen molar-refractivity contribution >= 4 is 11.7 Å². The number of nitrogens with zero attached hydrogens (tertiary/aromatic N) is 2. The molecule has 0 radical (unpaired) electrons. The maximum Gasteiger partial charge on any atom is 0.396 e. The Hall–Kier alpha value is -1.73. The van der Waals surface area contributed by atoms with E-state index < -0.39 is 24.4 Å². The fraction of sp³-hybridized carbons (Fsp3) is 0.429. The van der Waals surface area contributed by atoms with Crippen LogP contribution in [0.3, 0.4) is 0 Å². The summed E-state index contributed by atoms with van der Waals surface area (Å²) in [5, 5.41) is 14.4. The number of fused-ring (bicyclic) bond motifs is 1. The first-order valence-electron chi connectivity index (χ1n) is 4.03. The van der Waals surface area contributed by atoms with Gasteiger partial charge in [-0.3, -0.25) is 4.79 Å². The fourth-order valence-corrected chi connectivity index (χ4v) is 1.50. The molecule has 15 heavy (non-hydrogen) atoms. The molecule has 2 heterocycles. The number of halogens is 3. The van der Waals surface area contributed by atoms with Crippen molar-refractivity contribution in [1.82, 2.24) is 9.94 Å². The van der Waals surface area contributed by atoms with E-state index in [1.54, 1.807) is 0 Å². The summed E-state index contributed by atoms with van der Waals surface area (Å²) in [6.45, 7) is 0. The van der Waals surface area contributed by atoms with E-state index in [0.717, 1.165) is 6.20 Å². The van der Waals surface area contributed by atoms with E-state index in [9.17, 15) is 18.0 Å². The lowest BCUT2D eigenvalue weighted by atomic mass is 9.94. The first-order chi connectivity index (χ1) is 6.89. The van der Waals surface area contributed by atoms with Gasteiger partial charge in [0.2, 0.25) is 5.91 Å². The predicted molar refractivity (Wildman–Crippen MR) is 41.5 cm³/mol. The SMILES string of the molecule is O=C1CC(C(F)(F)F)c2cnn(O)c2N1. The van der Waals surface area contributed by atoms with E-state index in [2.05, 4.69) is 10.4 Å². The van der Waals surface area contributed by atoms with Gasteiger partial charge >= 0.3 is 6.18 Å². The van der Waals surface area contributed by atoms with Crippen molar-refractivity contribution in [2.24, 2.45) is 0 Å². The molecular weight excluding hydrogens is 215 g/mol. The molecule has 2 N–H and O–H groups in total. The highest BCUT2D eigenvalue weighted by Gasteiger charge is 2.46. The van der Waals surface area contributed by atoms with Crippen LogP contribution in [0.15, 0.2) is 6.20 Å². The number of amides is 1. The number of aromatic nitrogens is 2. The van der Waals surface area contributed by atoms with Gasteiger partial charge in [0.15, 0.2) is 5.82 Å². The van der Waals surface area contributed by atoms with Crippen LogP contribution in [0.2, 0.25) is 0 Å². The molecule has 0 aliphatic carbocycles. The molecular formula is C7H6F3N3O2. The second-order valence-corrected chi connectivity index (χ2v) is 3.18. The van der Waals surface area contributed by atoms with E-state index in [0.29, 0.717) is 0 Å². The second-order valence-electron chi connectivity index (χ2n) is 3.18. The van der Waals surface area contributed by atoms with Crippen LogP contribution in [0.25, 0.3) is 0 Å². The molecule has 1 atom stereocenters. The molecule has 1 aromatic rings. The molecule has 1 aromatic heterocycles. The highest BCUT2D eigenvalue weighted by molar-refractivity contribution is 5.93. The third-order valence-corrected chi connectivity index (χ3v) is 2.20. The van der Waals surface area contributed by atoms with E-state index in [1.807, 2.05) is 0 Å². The summed E-state index contributed by atoms with van der Waals surface area (Å²) in [7, 11) is 0. The minimum Gasteiger partial charge on any atom is -0.410 e. The molecule has 1 aliphatic rings. The van der Waals surface area contributed by atoms with Crippen molar-refractivity contribution < 1.29 is 23.2 Å². The van der Waals surface area contributed by atoms with Gasteiger partial charge in [-0.15, -0.1) is 5.10 Å². The first-order valence-corrected chi connectivity index (χ1v) is 4.03. The molecule has 0 saturated heterocycles. The lowest BCUT2D eigenvalue weighted by Crippen LogP contribution is -2.31. The van der Waals surface area contributed by atoms with E-state index >= 15 is 0 Å². The zero-order chi connectivity index (χ0) is 11.2. The van der Waals surface area contributed by atoms with Crippen LogP contribution in [-0.4, -0.2) is 27.2 Å². The molecule has 5 nitrogen and oxygen atoms in total. The predicted octanol–water partition coefficient (Wildman–Crippen LogP) is 1.11. The molecule has 8 heteroatoms. The van der Waals surface area contributed by atoms with Crippen LogP contribution in [0, 0.1) is 0 Å². The lowest BCUT2D eigenvalue weighted by Gasteiger charge is -2.23. The Bertz CT molecular complexity index is 412. The summed E-state index contributed by atoms with van der Waals surface area (Å²) in [5.74, 6) is -3.00. The van der Waals surface area contributed by atoms with Crippen LogP contribution >= 0.6 is 0 Å². The van der Waals surface area contributed by atoms with Crippen LogP contribution in [0.1, 0.15) is 17.9 Å². The van der Waals surface area contributed by atoms with Crippen LogP contribution in [-0.2, 0) is 4.79 Å². The monoisotopic (exact) mass is 221 g/mol. The Kier molecular flexibility index (Phi) is 1.88. The summed E-state index contributed by atoms with van der Waals surface area (Å²) < 4.78 is 37.5. The van der Waals surface area contributed by atoms with Crippen LogP contribution in [0.4, 0.5) is 19.0 Å². The Morgan fingerprint density at radius 2 is 2.27 bits per heavy atom. The van der Waals surface area contributed by atoms with E-state index in [4.69, 9.17) is 5.21 Å². The van der Waals surface area contributed by atoms with Gasteiger partial charge in [0.1, 0.15) is 0 Å².